The average Bonchev–Trinajstić information content (AvgIpc) is 2.39. The van der Waals surface area contributed by atoms with Gasteiger partial charge in [-0.2, -0.15) is 0 Å². The number of hydrogen-bond acceptors (Lipinski definition) is 2. The minimum absolute atomic E-state index is 0. The number of halogens is 1. The minimum atomic E-state index is 0. The number of fused-ring (bicyclic) bond motifs is 1. The number of nitrogens with one attached hydrogen (secondary N) is 1. The Hall–Kier alpha value is -1.13. The number of morpholine rings is 1. The van der Waals surface area contributed by atoms with Crippen molar-refractivity contribution in [2.24, 2.45) is 0 Å². The maximum atomic E-state index is 5.38. The van der Waals surface area contributed by atoms with E-state index in [1.54, 1.807) is 0 Å². The van der Waals surface area contributed by atoms with Gasteiger partial charge in [0, 0.05) is 0 Å². The van der Waals surface area contributed by atoms with Crippen LogP contribution in [0.2, 0.25) is 0 Å². The molecule has 1 fully saturated rings. The van der Waals surface area contributed by atoms with Crippen LogP contribution in [0.25, 0.3) is 10.8 Å². The fraction of sp³-hybridized carbons (Fsp3) is 0.308. The molecular formula is C13H15BrN2O. The second-order valence-electron chi connectivity index (χ2n) is 4.01. The fourth-order valence-electron chi connectivity index (χ4n) is 2.19. The highest BCUT2D eigenvalue weighted by Crippen LogP contribution is 2.21. The maximum Gasteiger partial charge on any atom is 0.282 e. The highest BCUT2D eigenvalue weighted by molar-refractivity contribution is 5.90. The van der Waals surface area contributed by atoms with E-state index in [9.17, 15) is 0 Å². The molecule has 0 atom stereocenters. The average molecular weight is 295 g/mol. The van der Waals surface area contributed by atoms with E-state index in [1.165, 1.54) is 16.6 Å². The van der Waals surface area contributed by atoms with Crippen LogP contribution >= 0.6 is 0 Å². The van der Waals surface area contributed by atoms with E-state index < -0.39 is 0 Å². The molecule has 17 heavy (non-hydrogen) atoms. The molecule has 4 heteroatoms. The molecule has 0 spiro atoms. The monoisotopic (exact) mass is 294 g/mol. The van der Waals surface area contributed by atoms with Gasteiger partial charge in [-0.15, -0.1) is 0 Å². The predicted molar refractivity (Wildman–Crippen MR) is 63.5 cm³/mol. The number of rotatable bonds is 1. The predicted octanol–water partition coefficient (Wildman–Crippen LogP) is -1.51. The second kappa shape index (κ2) is 5.47. The van der Waals surface area contributed by atoms with Crippen molar-refractivity contribution in [1.29, 1.82) is 0 Å². The van der Waals surface area contributed by atoms with Crippen molar-refractivity contribution >= 4 is 16.6 Å². The molecule has 3 nitrogen and oxygen atoms in total. The molecule has 0 radical (unpaired) electrons. The number of H-pyrrole nitrogens is 1. The first-order valence-corrected chi connectivity index (χ1v) is 5.67. The van der Waals surface area contributed by atoms with Gasteiger partial charge in [0.25, 0.3) is 5.82 Å². The Labute approximate surface area is 111 Å². The van der Waals surface area contributed by atoms with Gasteiger partial charge in [0.2, 0.25) is 0 Å². The quantitative estimate of drug-likeness (QED) is 0.640. The number of nitrogens with zero attached hydrogens (tertiary/aromatic N) is 1. The summed E-state index contributed by atoms with van der Waals surface area (Å²) >= 11 is 0. The zero-order valence-corrected chi connectivity index (χ0v) is 11.1. The van der Waals surface area contributed by atoms with E-state index in [-0.39, 0.29) is 17.0 Å². The Kier molecular flexibility index (Phi) is 3.97. The molecule has 3 rings (SSSR count). The molecule has 0 aliphatic carbocycles. The second-order valence-corrected chi connectivity index (χ2v) is 4.01. The summed E-state index contributed by atoms with van der Waals surface area (Å²) in [7, 11) is 0. The third-order valence-electron chi connectivity index (χ3n) is 3.03. The van der Waals surface area contributed by atoms with Gasteiger partial charge in [-0.3, -0.25) is 4.90 Å². The van der Waals surface area contributed by atoms with E-state index >= 15 is 0 Å². The van der Waals surface area contributed by atoms with Gasteiger partial charge in [0.1, 0.15) is 13.1 Å². The van der Waals surface area contributed by atoms with Gasteiger partial charge >= 0.3 is 0 Å². The summed E-state index contributed by atoms with van der Waals surface area (Å²) in [4.78, 5) is 5.70. The van der Waals surface area contributed by atoms with Gasteiger partial charge in [-0.05, 0) is 17.5 Å². The molecule has 1 N–H and O–H groups in total. The van der Waals surface area contributed by atoms with Crippen LogP contribution < -0.4 is 26.9 Å². The highest BCUT2D eigenvalue weighted by atomic mass is 79.9. The fourth-order valence-corrected chi connectivity index (χ4v) is 2.19. The summed E-state index contributed by atoms with van der Waals surface area (Å²) in [5.41, 5.74) is 0. The zero-order valence-electron chi connectivity index (χ0n) is 9.53. The first-order valence-electron chi connectivity index (χ1n) is 5.67. The minimum Gasteiger partial charge on any atom is -1.00 e. The third kappa shape index (κ3) is 2.42. The summed E-state index contributed by atoms with van der Waals surface area (Å²) in [6, 6.07) is 10.6. The number of pyridine rings is 1. The van der Waals surface area contributed by atoms with Crippen molar-refractivity contribution in [3.63, 3.8) is 0 Å². The van der Waals surface area contributed by atoms with Crippen molar-refractivity contribution in [3.8, 4) is 0 Å². The van der Waals surface area contributed by atoms with Crippen molar-refractivity contribution in [2.75, 3.05) is 31.2 Å². The lowest BCUT2D eigenvalue weighted by Gasteiger charge is -2.22. The topological polar surface area (TPSA) is 26.6 Å². The molecule has 0 bridgehead atoms. The van der Waals surface area contributed by atoms with Gasteiger partial charge < -0.3 is 21.7 Å². The van der Waals surface area contributed by atoms with Crippen LogP contribution in [0.1, 0.15) is 0 Å². The summed E-state index contributed by atoms with van der Waals surface area (Å²) < 4.78 is 5.38. The number of hydrogen-bond donors (Lipinski definition) is 0. The number of anilines is 1. The van der Waals surface area contributed by atoms with E-state index in [0.717, 1.165) is 26.3 Å². The molecule has 0 unspecified atom stereocenters. The Morgan fingerprint density at radius 2 is 1.82 bits per heavy atom. The summed E-state index contributed by atoms with van der Waals surface area (Å²) in [6.45, 7) is 3.56. The van der Waals surface area contributed by atoms with E-state index in [1.807, 2.05) is 6.20 Å². The van der Waals surface area contributed by atoms with Crippen molar-refractivity contribution < 1.29 is 26.7 Å². The van der Waals surface area contributed by atoms with Crippen LogP contribution in [0, 0.1) is 0 Å². The Morgan fingerprint density at radius 3 is 2.65 bits per heavy atom. The first kappa shape index (κ1) is 12.3. The number of benzene rings is 1. The van der Waals surface area contributed by atoms with Crippen molar-refractivity contribution in [1.82, 2.24) is 0 Å². The van der Waals surface area contributed by atoms with E-state index in [2.05, 4.69) is 40.2 Å². The van der Waals surface area contributed by atoms with Gasteiger partial charge in [-0.1, -0.05) is 18.2 Å². The third-order valence-corrected chi connectivity index (χ3v) is 3.03. The lowest BCUT2D eigenvalue weighted by atomic mass is 10.1. The van der Waals surface area contributed by atoms with Crippen LogP contribution in [0.4, 0.5) is 5.82 Å². The Morgan fingerprint density at radius 1 is 1.06 bits per heavy atom. The molecule has 90 valence electrons. The first-order chi connectivity index (χ1) is 7.95. The van der Waals surface area contributed by atoms with Crippen molar-refractivity contribution in [2.45, 2.75) is 0 Å². The molecule has 1 saturated heterocycles. The van der Waals surface area contributed by atoms with Gasteiger partial charge in [0.15, 0.2) is 0 Å². The lowest BCUT2D eigenvalue weighted by Crippen LogP contribution is -3.00. The normalized spacial score (nSPS) is 15.6. The summed E-state index contributed by atoms with van der Waals surface area (Å²) in [6.07, 6.45) is 2.01. The van der Waals surface area contributed by atoms with Gasteiger partial charge in [0.05, 0.1) is 24.8 Å². The summed E-state index contributed by atoms with van der Waals surface area (Å²) in [5.74, 6) is 1.21. The number of ether oxygens (including phenoxy) is 1. The summed E-state index contributed by atoms with van der Waals surface area (Å²) in [5, 5.41) is 2.56. The molecule has 1 aromatic heterocycles. The SMILES string of the molecule is [Br-].c1ccc2c(N3CCOCC3)[nH+]ccc2c1. The van der Waals surface area contributed by atoms with E-state index in [4.69, 9.17) is 4.74 Å². The largest absolute Gasteiger partial charge is 1.00 e. The Balaban J connectivity index is 0.00000108. The van der Waals surface area contributed by atoms with Crippen molar-refractivity contribution in [3.05, 3.63) is 36.5 Å². The Bertz CT molecular complexity index is 492. The highest BCUT2D eigenvalue weighted by Gasteiger charge is 2.21. The molecule has 2 heterocycles. The molecule has 1 aliphatic heterocycles. The molecule has 1 aromatic carbocycles. The van der Waals surface area contributed by atoms with Crippen LogP contribution in [0.15, 0.2) is 36.5 Å². The van der Waals surface area contributed by atoms with Crippen LogP contribution in [-0.4, -0.2) is 26.3 Å². The molecule has 1 aliphatic rings. The maximum absolute atomic E-state index is 5.38. The molecule has 0 saturated carbocycles. The molecular weight excluding hydrogens is 280 g/mol. The van der Waals surface area contributed by atoms with E-state index in [0.29, 0.717) is 0 Å². The standard InChI is InChI=1S/C13H14N2O.BrH/c1-2-4-12-11(3-1)5-6-14-13(12)15-7-9-16-10-8-15;/h1-6H,7-10H2;1H. The van der Waals surface area contributed by atoms with Crippen LogP contribution in [0.5, 0.6) is 0 Å². The van der Waals surface area contributed by atoms with Crippen LogP contribution in [-0.2, 0) is 4.74 Å². The lowest BCUT2D eigenvalue weighted by molar-refractivity contribution is -0.362. The molecule has 0 amide bonds. The molecule has 2 aromatic rings. The van der Waals surface area contributed by atoms with Crippen LogP contribution in [0.3, 0.4) is 0 Å². The smallest absolute Gasteiger partial charge is 0.282 e. The zero-order chi connectivity index (χ0) is 10.8. The van der Waals surface area contributed by atoms with Gasteiger partial charge in [-0.25, -0.2) is 4.98 Å². The number of aromatic nitrogens is 1. The number of aromatic amines is 1.